The van der Waals surface area contributed by atoms with E-state index in [4.69, 9.17) is 0 Å². The maximum absolute atomic E-state index is 11.9. The monoisotopic (exact) mass is 318 g/mol. The van der Waals surface area contributed by atoms with Crippen molar-refractivity contribution in [1.82, 2.24) is 15.0 Å². The van der Waals surface area contributed by atoms with E-state index in [0.29, 0.717) is 0 Å². The summed E-state index contributed by atoms with van der Waals surface area (Å²) in [4.78, 5) is 16.9. The quantitative estimate of drug-likeness (QED) is 0.753. The minimum absolute atomic E-state index is 0.155. The highest BCUT2D eigenvalue weighted by Gasteiger charge is 2.06. The number of fused-ring (bicyclic) bond motifs is 1. The predicted molar refractivity (Wildman–Crippen MR) is 85.1 cm³/mol. The molecule has 2 heterocycles. The van der Waals surface area contributed by atoms with E-state index in [1.807, 2.05) is 48.2 Å². The van der Waals surface area contributed by atoms with E-state index < -0.39 is 0 Å². The zero-order valence-electron chi connectivity index (χ0n) is 11.7. The maximum atomic E-state index is 11.9. The minimum Gasteiger partial charge on any atom is -0.318 e. The van der Waals surface area contributed by atoms with Crippen LogP contribution in [0.15, 0.2) is 34.7 Å². The highest BCUT2D eigenvalue weighted by Crippen LogP contribution is 2.14. The van der Waals surface area contributed by atoms with Crippen molar-refractivity contribution in [3.63, 3.8) is 0 Å². The SMILES string of the molecule is Cc1nc(CC(=O)N/N=c2/sc3ccccc3n2C)cs1. The second kappa shape index (κ2) is 5.79. The zero-order chi connectivity index (χ0) is 14.8. The van der Waals surface area contributed by atoms with Gasteiger partial charge in [0.25, 0.3) is 0 Å². The van der Waals surface area contributed by atoms with Crippen LogP contribution in [0, 0.1) is 6.92 Å². The normalized spacial score (nSPS) is 12.0. The molecule has 1 aromatic carbocycles. The Balaban J connectivity index is 1.78. The maximum Gasteiger partial charge on any atom is 0.246 e. The fourth-order valence-corrected chi connectivity index (χ4v) is 3.58. The fourth-order valence-electron chi connectivity index (χ4n) is 1.99. The summed E-state index contributed by atoms with van der Waals surface area (Å²) >= 11 is 3.09. The average molecular weight is 318 g/mol. The van der Waals surface area contributed by atoms with E-state index in [1.165, 1.54) is 0 Å². The molecule has 0 fully saturated rings. The Kier molecular flexibility index (Phi) is 3.85. The van der Waals surface area contributed by atoms with Gasteiger partial charge in [0.15, 0.2) is 0 Å². The van der Waals surface area contributed by atoms with Crippen LogP contribution in [0.5, 0.6) is 0 Å². The molecule has 3 aromatic rings. The Bertz CT molecular complexity index is 859. The lowest BCUT2D eigenvalue weighted by molar-refractivity contribution is -0.120. The van der Waals surface area contributed by atoms with Crippen LogP contribution in [-0.2, 0) is 18.3 Å². The first-order valence-electron chi connectivity index (χ1n) is 6.41. The predicted octanol–water partition coefficient (Wildman–Crippen LogP) is 2.18. The molecule has 1 amide bonds. The largest absolute Gasteiger partial charge is 0.318 e. The van der Waals surface area contributed by atoms with Gasteiger partial charge in [-0.25, -0.2) is 10.4 Å². The summed E-state index contributed by atoms with van der Waals surface area (Å²) in [6.45, 7) is 1.92. The molecule has 7 heteroatoms. The number of carbonyl (C=O) groups is 1. The Morgan fingerprint density at radius 3 is 2.95 bits per heavy atom. The molecule has 2 aromatic heterocycles. The second-order valence-corrected chi connectivity index (χ2v) is 6.66. The summed E-state index contributed by atoms with van der Waals surface area (Å²) < 4.78 is 3.11. The summed E-state index contributed by atoms with van der Waals surface area (Å²) in [5.74, 6) is -0.155. The molecule has 0 radical (unpaired) electrons. The molecule has 3 rings (SSSR count). The molecule has 0 aliphatic heterocycles. The first kappa shape index (κ1) is 14.0. The standard InChI is InChI=1S/C14H14N4OS2/c1-9-15-10(8-20-9)7-13(19)16-17-14-18(2)11-5-3-4-6-12(11)21-14/h3-6,8H,7H2,1-2H3,(H,16,19)/b17-14+. The van der Waals surface area contributed by atoms with Crippen LogP contribution in [0.1, 0.15) is 10.7 Å². The third-order valence-electron chi connectivity index (χ3n) is 3.00. The van der Waals surface area contributed by atoms with Gasteiger partial charge in [0.05, 0.1) is 27.3 Å². The van der Waals surface area contributed by atoms with Crippen molar-refractivity contribution in [2.75, 3.05) is 0 Å². The van der Waals surface area contributed by atoms with Gasteiger partial charge in [-0.3, -0.25) is 4.79 Å². The molecule has 0 saturated carbocycles. The topological polar surface area (TPSA) is 59.3 Å². The third-order valence-corrected chi connectivity index (χ3v) is 4.93. The van der Waals surface area contributed by atoms with Crippen molar-refractivity contribution in [2.24, 2.45) is 12.1 Å². The number of para-hydroxylation sites is 1. The molecular formula is C14H14N4OS2. The summed E-state index contributed by atoms with van der Waals surface area (Å²) in [5, 5.41) is 7.06. The minimum atomic E-state index is -0.155. The second-order valence-electron chi connectivity index (χ2n) is 4.59. The van der Waals surface area contributed by atoms with Gasteiger partial charge >= 0.3 is 0 Å². The number of rotatable bonds is 3. The molecule has 108 valence electrons. The van der Waals surface area contributed by atoms with Crippen molar-refractivity contribution in [1.29, 1.82) is 0 Å². The van der Waals surface area contributed by atoms with Crippen molar-refractivity contribution < 1.29 is 4.79 Å². The van der Waals surface area contributed by atoms with Crippen LogP contribution in [-0.4, -0.2) is 15.5 Å². The molecule has 0 bridgehead atoms. The highest BCUT2D eigenvalue weighted by molar-refractivity contribution is 7.16. The van der Waals surface area contributed by atoms with Crippen molar-refractivity contribution >= 4 is 38.8 Å². The molecule has 0 spiro atoms. The number of hydrogen-bond acceptors (Lipinski definition) is 5. The van der Waals surface area contributed by atoms with Gasteiger partial charge in [0.2, 0.25) is 10.7 Å². The van der Waals surface area contributed by atoms with Gasteiger partial charge in [-0.2, -0.15) is 0 Å². The van der Waals surface area contributed by atoms with Crippen molar-refractivity contribution in [3.05, 3.63) is 45.1 Å². The summed E-state index contributed by atoms with van der Waals surface area (Å²) in [7, 11) is 1.94. The van der Waals surface area contributed by atoms with Gasteiger partial charge in [0, 0.05) is 12.4 Å². The van der Waals surface area contributed by atoms with Crippen LogP contribution in [0.2, 0.25) is 0 Å². The van der Waals surface area contributed by atoms with E-state index in [1.54, 1.807) is 22.7 Å². The van der Waals surface area contributed by atoms with Crippen LogP contribution in [0.4, 0.5) is 0 Å². The summed E-state index contributed by atoms with van der Waals surface area (Å²) in [6.07, 6.45) is 0.252. The molecule has 5 nitrogen and oxygen atoms in total. The molecule has 0 atom stereocenters. The molecule has 0 aliphatic carbocycles. The van der Waals surface area contributed by atoms with E-state index in [0.717, 1.165) is 25.7 Å². The molecule has 21 heavy (non-hydrogen) atoms. The molecule has 0 unspecified atom stereocenters. The van der Waals surface area contributed by atoms with E-state index >= 15 is 0 Å². The number of amides is 1. The van der Waals surface area contributed by atoms with Gasteiger partial charge in [-0.1, -0.05) is 23.5 Å². The third kappa shape index (κ3) is 3.03. The van der Waals surface area contributed by atoms with Gasteiger partial charge in [-0.15, -0.1) is 16.4 Å². The number of thiazole rings is 2. The molecular weight excluding hydrogens is 304 g/mol. The molecule has 1 N–H and O–H groups in total. The first-order chi connectivity index (χ1) is 10.1. The Hall–Kier alpha value is -1.99. The summed E-state index contributed by atoms with van der Waals surface area (Å²) in [5.41, 5.74) is 4.48. The zero-order valence-corrected chi connectivity index (χ0v) is 13.3. The number of nitrogens with one attached hydrogen (secondary N) is 1. The molecule has 0 aliphatic rings. The number of nitrogens with zero attached hydrogens (tertiary/aromatic N) is 3. The smallest absolute Gasteiger partial charge is 0.246 e. The fraction of sp³-hybridized carbons (Fsp3) is 0.214. The van der Waals surface area contributed by atoms with Crippen molar-refractivity contribution in [2.45, 2.75) is 13.3 Å². The lowest BCUT2D eigenvalue weighted by Crippen LogP contribution is -2.24. The number of carbonyl (C=O) groups excluding carboxylic acids is 1. The Morgan fingerprint density at radius 1 is 1.43 bits per heavy atom. The Labute approximate surface area is 129 Å². The lowest BCUT2D eigenvalue weighted by atomic mass is 10.3. The average Bonchev–Trinajstić information content (AvgIpc) is 3.01. The van der Waals surface area contributed by atoms with Gasteiger partial charge in [-0.05, 0) is 19.1 Å². The van der Waals surface area contributed by atoms with Crippen LogP contribution >= 0.6 is 22.7 Å². The van der Waals surface area contributed by atoms with Crippen LogP contribution in [0.3, 0.4) is 0 Å². The lowest BCUT2D eigenvalue weighted by Gasteiger charge is -1.97. The van der Waals surface area contributed by atoms with Crippen LogP contribution < -0.4 is 10.2 Å². The van der Waals surface area contributed by atoms with E-state index in [2.05, 4.69) is 15.5 Å². The number of aromatic nitrogens is 2. The van der Waals surface area contributed by atoms with Crippen molar-refractivity contribution in [3.8, 4) is 0 Å². The highest BCUT2D eigenvalue weighted by atomic mass is 32.1. The number of benzene rings is 1. The van der Waals surface area contributed by atoms with E-state index in [-0.39, 0.29) is 12.3 Å². The first-order valence-corrected chi connectivity index (χ1v) is 8.11. The number of hydrogen-bond donors (Lipinski definition) is 1. The summed E-state index contributed by atoms with van der Waals surface area (Å²) in [6, 6.07) is 8.05. The molecule has 0 saturated heterocycles. The van der Waals surface area contributed by atoms with E-state index in [9.17, 15) is 4.79 Å². The number of aryl methyl sites for hydroxylation is 2. The Morgan fingerprint density at radius 2 is 2.24 bits per heavy atom. The van der Waals surface area contributed by atoms with Gasteiger partial charge in [0.1, 0.15) is 0 Å². The van der Waals surface area contributed by atoms with Gasteiger partial charge < -0.3 is 4.57 Å². The van der Waals surface area contributed by atoms with Crippen LogP contribution in [0.25, 0.3) is 10.2 Å².